The molecule has 1 aromatic heterocycles. The molecule has 0 bridgehead atoms. The summed E-state index contributed by atoms with van der Waals surface area (Å²) >= 11 is 1.44. The molecule has 0 atom stereocenters. The Hall–Kier alpha value is -1.77. The average Bonchev–Trinajstić information content (AvgIpc) is 3.38. The highest BCUT2D eigenvalue weighted by Crippen LogP contribution is 2.34. The Balaban J connectivity index is 1.63. The van der Waals surface area contributed by atoms with Crippen molar-refractivity contribution in [3.05, 3.63) is 39.8 Å². The van der Waals surface area contributed by atoms with Crippen LogP contribution in [0.25, 0.3) is 0 Å². The maximum absolute atomic E-state index is 13.2. The minimum absolute atomic E-state index is 0.0610. The van der Waals surface area contributed by atoms with Crippen LogP contribution in [0.4, 0.5) is 5.69 Å². The first-order valence-corrected chi connectivity index (χ1v) is 12.3. The smallest absolute Gasteiger partial charge is 0.269 e. The molecule has 0 spiro atoms. The minimum atomic E-state index is -3.45. The van der Waals surface area contributed by atoms with Gasteiger partial charge in [0, 0.05) is 30.7 Å². The van der Waals surface area contributed by atoms with Crippen LogP contribution >= 0.6 is 11.3 Å². The number of aryl methyl sites for hydroxylation is 1. The van der Waals surface area contributed by atoms with Crippen molar-refractivity contribution in [2.24, 2.45) is 0 Å². The number of sulfonamides is 1. The third kappa shape index (κ3) is 3.85. The molecular weight excluding hydrogens is 406 g/mol. The molecule has 0 unspecified atom stereocenters. The maximum atomic E-state index is 13.2. The zero-order valence-electron chi connectivity index (χ0n) is 17.1. The van der Waals surface area contributed by atoms with Gasteiger partial charge in [0.05, 0.1) is 16.1 Å². The van der Waals surface area contributed by atoms with Crippen LogP contribution in [0.5, 0.6) is 0 Å². The van der Waals surface area contributed by atoms with Crippen LogP contribution in [0.1, 0.15) is 60.3 Å². The lowest BCUT2D eigenvalue weighted by atomic mass is 9.98. The molecule has 1 fully saturated rings. The minimum Gasteiger partial charge on any atom is -0.307 e. The summed E-state index contributed by atoms with van der Waals surface area (Å²) in [6.45, 7) is 8.06. The third-order valence-corrected chi connectivity index (χ3v) is 8.78. The molecule has 3 heterocycles. The molecule has 1 saturated heterocycles. The monoisotopic (exact) mass is 433 g/mol. The van der Waals surface area contributed by atoms with Gasteiger partial charge >= 0.3 is 0 Å². The van der Waals surface area contributed by atoms with Crippen molar-refractivity contribution in [2.75, 3.05) is 24.5 Å². The van der Waals surface area contributed by atoms with E-state index >= 15 is 0 Å². The molecule has 8 heteroatoms. The van der Waals surface area contributed by atoms with Crippen molar-refractivity contribution in [3.8, 4) is 0 Å². The van der Waals surface area contributed by atoms with Gasteiger partial charge in [0.25, 0.3) is 5.91 Å². The van der Waals surface area contributed by atoms with E-state index in [0.717, 1.165) is 41.9 Å². The Bertz CT molecular complexity index is 1030. The fourth-order valence-corrected chi connectivity index (χ4v) is 6.37. The summed E-state index contributed by atoms with van der Waals surface area (Å²) in [4.78, 5) is 20.3. The van der Waals surface area contributed by atoms with Crippen LogP contribution in [0, 0.1) is 0 Å². The summed E-state index contributed by atoms with van der Waals surface area (Å²) in [7, 11) is -3.45. The second-order valence-electron chi connectivity index (χ2n) is 8.74. The van der Waals surface area contributed by atoms with Crippen LogP contribution in [-0.4, -0.2) is 43.2 Å². The Kier molecular flexibility index (Phi) is 5.29. The summed E-state index contributed by atoms with van der Waals surface area (Å²) in [5.74, 6) is -0.0610. The third-order valence-electron chi connectivity index (χ3n) is 5.48. The lowest BCUT2D eigenvalue weighted by molar-refractivity contribution is 0.0989. The van der Waals surface area contributed by atoms with Gasteiger partial charge in [-0.2, -0.15) is 4.31 Å². The van der Waals surface area contributed by atoms with E-state index in [2.05, 4.69) is 25.8 Å². The van der Waals surface area contributed by atoms with E-state index in [0.29, 0.717) is 29.4 Å². The van der Waals surface area contributed by atoms with Gasteiger partial charge in [-0.05, 0) is 49.4 Å². The standard InChI is InChI=1S/C21H27N3O3S2/c1-21(2,3)20-22-14-18(28-20)19(25)24-12-6-7-15-13-16(8-9-17(15)24)29(26,27)23-10-4-5-11-23/h8-9,13-14H,4-7,10-12H2,1-3H3. The Labute approximate surface area is 176 Å². The highest BCUT2D eigenvalue weighted by molar-refractivity contribution is 7.89. The van der Waals surface area contributed by atoms with E-state index in [1.54, 1.807) is 33.6 Å². The molecule has 2 aliphatic rings. The van der Waals surface area contributed by atoms with Crippen LogP contribution in [0.2, 0.25) is 0 Å². The summed E-state index contributed by atoms with van der Waals surface area (Å²) in [5, 5.41) is 0.935. The average molecular weight is 434 g/mol. The molecule has 6 nitrogen and oxygen atoms in total. The van der Waals surface area contributed by atoms with Gasteiger partial charge < -0.3 is 4.90 Å². The number of thiazole rings is 1. The van der Waals surface area contributed by atoms with Crippen molar-refractivity contribution in [2.45, 2.75) is 56.8 Å². The van der Waals surface area contributed by atoms with E-state index in [9.17, 15) is 13.2 Å². The SMILES string of the molecule is CC(C)(C)c1ncc(C(=O)N2CCCc3cc(S(=O)(=O)N4CCCC4)ccc32)s1. The van der Waals surface area contributed by atoms with Crippen molar-refractivity contribution in [3.63, 3.8) is 0 Å². The van der Waals surface area contributed by atoms with Crippen molar-refractivity contribution >= 4 is 33.0 Å². The number of fused-ring (bicyclic) bond motifs is 1. The number of carbonyl (C=O) groups is 1. The summed E-state index contributed by atoms with van der Waals surface area (Å²) < 4.78 is 27.3. The molecule has 0 aliphatic carbocycles. The Morgan fingerprint density at radius 1 is 1.10 bits per heavy atom. The predicted octanol–water partition coefficient (Wildman–Crippen LogP) is 3.82. The predicted molar refractivity (Wildman–Crippen MR) is 115 cm³/mol. The first-order valence-electron chi connectivity index (χ1n) is 10.1. The molecule has 2 aliphatic heterocycles. The van der Waals surface area contributed by atoms with Crippen LogP contribution in [0.3, 0.4) is 0 Å². The number of nitrogens with zero attached hydrogens (tertiary/aromatic N) is 3. The number of rotatable bonds is 3. The van der Waals surface area contributed by atoms with E-state index < -0.39 is 10.0 Å². The van der Waals surface area contributed by atoms with Crippen LogP contribution in [0.15, 0.2) is 29.3 Å². The van der Waals surface area contributed by atoms with Crippen molar-refractivity contribution in [1.82, 2.24) is 9.29 Å². The number of hydrogen-bond donors (Lipinski definition) is 0. The van der Waals surface area contributed by atoms with Gasteiger partial charge in [0.1, 0.15) is 4.88 Å². The van der Waals surface area contributed by atoms with Gasteiger partial charge in [0.2, 0.25) is 10.0 Å². The lowest BCUT2D eigenvalue weighted by Gasteiger charge is -2.29. The molecule has 29 heavy (non-hydrogen) atoms. The van der Waals surface area contributed by atoms with Gasteiger partial charge in [-0.25, -0.2) is 13.4 Å². The normalized spacial score (nSPS) is 18.1. The van der Waals surface area contributed by atoms with Crippen LogP contribution < -0.4 is 4.90 Å². The highest BCUT2D eigenvalue weighted by atomic mass is 32.2. The molecule has 1 aromatic carbocycles. The van der Waals surface area contributed by atoms with Crippen molar-refractivity contribution in [1.29, 1.82) is 0 Å². The topological polar surface area (TPSA) is 70.6 Å². The summed E-state index contributed by atoms with van der Waals surface area (Å²) in [5.41, 5.74) is 1.64. The van der Waals surface area contributed by atoms with Crippen molar-refractivity contribution < 1.29 is 13.2 Å². The fraction of sp³-hybridized carbons (Fsp3) is 0.524. The van der Waals surface area contributed by atoms with E-state index in [1.165, 1.54) is 11.3 Å². The highest BCUT2D eigenvalue weighted by Gasteiger charge is 2.31. The van der Waals surface area contributed by atoms with E-state index in [-0.39, 0.29) is 11.3 Å². The number of carbonyl (C=O) groups excluding carboxylic acids is 1. The number of amides is 1. The Morgan fingerprint density at radius 2 is 1.83 bits per heavy atom. The van der Waals surface area contributed by atoms with Gasteiger partial charge in [0.15, 0.2) is 0 Å². The number of anilines is 1. The molecule has 0 N–H and O–H groups in total. The zero-order chi connectivity index (χ0) is 20.8. The molecule has 2 aromatic rings. The lowest BCUT2D eigenvalue weighted by Crippen LogP contribution is -2.35. The molecular formula is C21H27N3O3S2. The molecule has 156 valence electrons. The van der Waals surface area contributed by atoms with Gasteiger partial charge in [-0.1, -0.05) is 20.8 Å². The zero-order valence-corrected chi connectivity index (χ0v) is 18.8. The molecule has 1 amide bonds. The number of aromatic nitrogens is 1. The largest absolute Gasteiger partial charge is 0.307 e. The first kappa shape index (κ1) is 20.5. The quantitative estimate of drug-likeness (QED) is 0.738. The number of benzene rings is 1. The van der Waals surface area contributed by atoms with Gasteiger partial charge in [-0.15, -0.1) is 11.3 Å². The van der Waals surface area contributed by atoms with Crippen LogP contribution in [-0.2, 0) is 21.9 Å². The second kappa shape index (κ2) is 7.49. The first-order chi connectivity index (χ1) is 13.7. The second-order valence-corrected chi connectivity index (χ2v) is 11.7. The summed E-state index contributed by atoms with van der Waals surface area (Å²) in [6.07, 6.45) is 5.08. The Morgan fingerprint density at radius 3 is 2.48 bits per heavy atom. The maximum Gasteiger partial charge on any atom is 0.269 e. The summed E-state index contributed by atoms with van der Waals surface area (Å²) in [6, 6.07) is 5.20. The van der Waals surface area contributed by atoms with Gasteiger partial charge in [-0.3, -0.25) is 4.79 Å². The van der Waals surface area contributed by atoms with E-state index in [1.807, 2.05) is 0 Å². The molecule has 0 radical (unpaired) electrons. The number of hydrogen-bond acceptors (Lipinski definition) is 5. The van der Waals surface area contributed by atoms with E-state index in [4.69, 9.17) is 0 Å². The fourth-order valence-electron chi connectivity index (χ4n) is 3.88. The molecule has 4 rings (SSSR count). The molecule has 0 saturated carbocycles.